The van der Waals surface area contributed by atoms with Gasteiger partial charge < -0.3 is 15.3 Å². The van der Waals surface area contributed by atoms with Crippen LogP contribution in [0.5, 0.6) is 0 Å². The van der Waals surface area contributed by atoms with Crippen molar-refractivity contribution in [2.24, 2.45) is 0 Å². The number of aliphatic hydroxyl groups is 1. The molecule has 1 heterocycles. The van der Waals surface area contributed by atoms with Crippen molar-refractivity contribution in [3.05, 3.63) is 23.9 Å². The molecular formula is C15H27N3O. The molecule has 0 aliphatic rings. The summed E-state index contributed by atoms with van der Waals surface area (Å²) in [5, 5.41) is 12.2. The van der Waals surface area contributed by atoms with Gasteiger partial charge in [-0.3, -0.25) is 0 Å². The highest BCUT2D eigenvalue weighted by molar-refractivity contribution is 5.40. The average molecular weight is 265 g/mol. The van der Waals surface area contributed by atoms with Gasteiger partial charge in [0, 0.05) is 32.4 Å². The van der Waals surface area contributed by atoms with Crippen molar-refractivity contribution in [3.63, 3.8) is 0 Å². The summed E-state index contributed by atoms with van der Waals surface area (Å²) >= 11 is 0. The first-order valence-corrected chi connectivity index (χ1v) is 7.20. The van der Waals surface area contributed by atoms with E-state index in [-0.39, 0.29) is 6.61 Å². The minimum atomic E-state index is 0.289. The molecule has 1 unspecified atom stereocenters. The van der Waals surface area contributed by atoms with E-state index in [4.69, 9.17) is 5.11 Å². The van der Waals surface area contributed by atoms with E-state index in [9.17, 15) is 0 Å². The van der Waals surface area contributed by atoms with Crippen molar-refractivity contribution in [3.8, 4) is 0 Å². The molecule has 4 nitrogen and oxygen atoms in total. The SMILES string of the molecule is CCNC(C)c1ccnc(N(C)CCCCCO)c1. The number of anilines is 1. The summed E-state index contributed by atoms with van der Waals surface area (Å²) in [4.78, 5) is 6.61. The Morgan fingerprint density at radius 3 is 2.84 bits per heavy atom. The van der Waals surface area contributed by atoms with E-state index in [1.807, 2.05) is 6.20 Å². The third kappa shape index (κ3) is 5.57. The normalized spacial score (nSPS) is 12.4. The van der Waals surface area contributed by atoms with Crippen molar-refractivity contribution in [1.82, 2.24) is 10.3 Å². The first-order chi connectivity index (χ1) is 9.19. The molecule has 0 amide bonds. The lowest BCUT2D eigenvalue weighted by molar-refractivity contribution is 0.283. The van der Waals surface area contributed by atoms with Crippen LogP contribution in [0.25, 0.3) is 0 Å². The molecule has 0 bridgehead atoms. The lowest BCUT2D eigenvalue weighted by atomic mass is 10.1. The second-order valence-electron chi connectivity index (χ2n) is 4.93. The molecule has 0 fully saturated rings. The number of hydrogen-bond acceptors (Lipinski definition) is 4. The average Bonchev–Trinajstić information content (AvgIpc) is 2.44. The Morgan fingerprint density at radius 2 is 2.16 bits per heavy atom. The highest BCUT2D eigenvalue weighted by Gasteiger charge is 2.07. The number of rotatable bonds is 9. The van der Waals surface area contributed by atoms with Gasteiger partial charge in [0.15, 0.2) is 0 Å². The molecule has 4 heteroatoms. The van der Waals surface area contributed by atoms with Gasteiger partial charge in [0.1, 0.15) is 5.82 Å². The molecule has 0 saturated carbocycles. The van der Waals surface area contributed by atoms with Gasteiger partial charge >= 0.3 is 0 Å². The molecule has 1 rings (SSSR count). The van der Waals surface area contributed by atoms with Crippen LogP contribution in [0.2, 0.25) is 0 Å². The number of nitrogens with zero attached hydrogens (tertiary/aromatic N) is 2. The monoisotopic (exact) mass is 265 g/mol. The maximum absolute atomic E-state index is 8.76. The number of pyridine rings is 1. The van der Waals surface area contributed by atoms with Crippen LogP contribution >= 0.6 is 0 Å². The quantitative estimate of drug-likeness (QED) is 0.673. The molecule has 1 aromatic rings. The van der Waals surface area contributed by atoms with E-state index in [0.29, 0.717) is 6.04 Å². The molecule has 2 N–H and O–H groups in total. The van der Waals surface area contributed by atoms with Gasteiger partial charge in [-0.2, -0.15) is 0 Å². The smallest absolute Gasteiger partial charge is 0.128 e. The molecule has 0 saturated heterocycles. The molecule has 0 spiro atoms. The first kappa shape index (κ1) is 15.9. The van der Waals surface area contributed by atoms with Gasteiger partial charge in [-0.05, 0) is 50.4 Å². The minimum Gasteiger partial charge on any atom is -0.396 e. The standard InChI is InChI=1S/C15H27N3O/c1-4-16-13(2)14-8-9-17-15(12-14)18(3)10-6-5-7-11-19/h8-9,12-13,16,19H,4-7,10-11H2,1-3H3. The molecule has 19 heavy (non-hydrogen) atoms. The third-order valence-corrected chi connectivity index (χ3v) is 3.32. The van der Waals surface area contributed by atoms with Crippen LogP contribution in [0, 0.1) is 0 Å². The summed E-state index contributed by atoms with van der Waals surface area (Å²) in [6, 6.07) is 4.57. The van der Waals surface area contributed by atoms with E-state index < -0.39 is 0 Å². The summed E-state index contributed by atoms with van der Waals surface area (Å²) < 4.78 is 0. The molecule has 1 atom stereocenters. The molecule has 0 radical (unpaired) electrons. The van der Waals surface area contributed by atoms with Gasteiger partial charge in [-0.1, -0.05) is 6.92 Å². The Labute approximate surface area is 116 Å². The number of aliphatic hydroxyl groups excluding tert-OH is 1. The van der Waals surface area contributed by atoms with Crippen molar-refractivity contribution < 1.29 is 5.11 Å². The van der Waals surface area contributed by atoms with Crippen molar-refractivity contribution in [1.29, 1.82) is 0 Å². The fourth-order valence-corrected chi connectivity index (χ4v) is 2.09. The third-order valence-electron chi connectivity index (χ3n) is 3.32. The summed E-state index contributed by atoms with van der Waals surface area (Å²) in [6.07, 6.45) is 4.92. The maximum Gasteiger partial charge on any atom is 0.128 e. The van der Waals surface area contributed by atoms with E-state index in [2.05, 4.69) is 48.2 Å². The fourth-order valence-electron chi connectivity index (χ4n) is 2.09. The van der Waals surface area contributed by atoms with Crippen molar-refractivity contribution >= 4 is 5.82 Å². The lowest BCUT2D eigenvalue weighted by Crippen LogP contribution is -2.21. The molecular weight excluding hydrogens is 238 g/mol. The van der Waals surface area contributed by atoms with Crippen LogP contribution in [0.15, 0.2) is 18.3 Å². The van der Waals surface area contributed by atoms with Crippen LogP contribution in [0.4, 0.5) is 5.82 Å². The number of aromatic nitrogens is 1. The number of nitrogens with one attached hydrogen (secondary N) is 1. The minimum absolute atomic E-state index is 0.289. The van der Waals surface area contributed by atoms with Crippen LogP contribution < -0.4 is 10.2 Å². The lowest BCUT2D eigenvalue weighted by Gasteiger charge is -2.20. The van der Waals surface area contributed by atoms with Gasteiger partial charge in [0.2, 0.25) is 0 Å². The molecule has 0 aliphatic carbocycles. The Kier molecular flexibility index (Phi) is 7.45. The Balaban J connectivity index is 2.54. The Bertz CT molecular complexity index is 357. The van der Waals surface area contributed by atoms with Gasteiger partial charge in [-0.25, -0.2) is 4.98 Å². The van der Waals surface area contributed by atoms with Crippen molar-refractivity contribution in [2.75, 3.05) is 31.6 Å². The second-order valence-corrected chi connectivity index (χ2v) is 4.93. The van der Waals surface area contributed by atoms with Crippen LogP contribution in [0.1, 0.15) is 44.7 Å². The Morgan fingerprint density at radius 1 is 1.37 bits per heavy atom. The molecule has 1 aromatic heterocycles. The number of unbranched alkanes of at least 4 members (excludes halogenated alkanes) is 2. The van der Waals surface area contributed by atoms with Crippen LogP contribution in [-0.4, -0.2) is 36.8 Å². The van der Waals surface area contributed by atoms with Gasteiger partial charge in [0.25, 0.3) is 0 Å². The van der Waals surface area contributed by atoms with Crippen molar-refractivity contribution in [2.45, 2.75) is 39.2 Å². The second kappa shape index (κ2) is 8.88. The van der Waals surface area contributed by atoms with E-state index >= 15 is 0 Å². The summed E-state index contributed by atoms with van der Waals surface area (Å²) in [5.41, 5.74) is 1.27. The van der Waals surface area contributed by atoms with E-state index in [0.717, 1.165) is 38.2 Å². The topological polar surface area (TPSA) is 48.4 Å². The fraction of sp³-hybridized carbons (Fsp3) is 0.667. The number of hydrogen-bond donors (Lipinski definition) is 2. The molecule has 0 aromatic carbocycles. The van der Waals surface area contributed by atoms with Gasteiger partial charge in [-0.15, -0.1) is 0 Å². The summed E-state index contributed by atoms with van der Waals surface area (Å²) in [5.74, 6) is 1.02. The summed E-state index contributed by atoms with van der Waals surface area (Å²) in [6.45, 7) is 6.52. The largest absolute Gasteiger partial charge is 0.396 e. The first-order valence-electron chi connectivity index (χ1n) is 7.20. The zero-order valence-corrected chi connectivity index (χ0v) is 12.4. The molecule has 0 aliphatic heterocycles. The van der Waals surface area contributed by atoms with Crippen LogP contribution in [-0.2, 0) is 0 Å². The zero-order valence-electron chi connectivity index (χ0n) is 12.4. The van der Waals surface area contributed by atoms with Crippen LogP contribution in [0.3, 0.4) is 0 Å². The predicted molar refractivity (Wildman–Crippen MR) is 80.5 cm³/mol. The summed E-state index contributed by atoms with van der Waals surface area (Å²) in [7, 11) is 2.07. The highest BCUT2D eigenvalue weighted by Crippen LogP contribution is 2.17. The van der Waals surface area contributed by atoms with Gasteiger partial charge in [0.05, 0.1) is 0 Å². The van der Waals surface area contributed by atoms with E-state index in [1.54, 1.807) is 0 Å². The predicted octanol–water partition coefficient (Wildman–Crippen LogP) is 2.35. The Hall–Kier alpha value is -1.13. The zero-order chi connectivity index (χ0) is 14.1. The molecule has 108 valence electrons. The highest BCUT2D eigenvalue weighted by atomic mass is 16.2. The maximum atomic E-state index is 8.76. The van der Waals surface area contributed by atoms with E-state index in [1.165, 1.54) is 5.56 Å².